The Balaban J connectivity index is 1.70. The number of nitrogens with zero attached hydrogens (tertiary/aromatic N) is 1. The van der Waals surface area contributed by atoms with Crippen LogP contribution >= 0.6 is 0 Å². The molecule has 0 aromatic heterocycles. The molecular formula is C24H22N2O5. The molecular weight excluding hydrogens is 396 g/mol. The van der Waals surface area contributed by atoms with E-state index in [1.54, 1.807) is 67.8 Å². The van der Waals surface area contributed by atoms with Crippen molar-refractivity contribution in [1.29, 1.82) is 0 Å². The van der Waals surface area contributed by atoms with Crippen molar-refractivity contribution in [2.75, 3.05) is 14.2 Å². The molecule has 0 spiro atoms. The zero-order valence-corrected chi connectivity index (χ0v) is 17.4. The van der Waals surface area contributed by atoms with E-state index in [1.807, 2.05) is 13.0 Å². The smallest absolute Gasteiger partial charge is 0.343 e. The van der Waals surface area contributed by atoms with Crippen LogP contribution in [0.4, 0.5) is 0 Å². The lowest BCUT2D eigenvalue weighted by atomic mass is 10.1. The molecule has 0 radical (unpaired) electrons. The summed E-state index contributed by atoms with van der Waals surface area (Å²) in [6.45, 7) is 1.91. The second-order valence-electron chi connectivity index (χ2n) is 6.56. The van der Waals surface area contributed by atoms with Gasteiger partial charge in [-0.05, 0) is 61.0 Å². The number of benzene rings is 3. The number of methoxy groups -OCH3 is 2. The van der Waals surface area contributed by atoms with Crippen LogP contribution in [0.3, 0.4) is 0 Å². The van der Waals surface area contributed by atoms with Crippen molar-refractivity contribution in [1.82, 2.24) is 5.43 Å². The van der Waals surface area contributed by atoms with Gasteiger partial charge in [-0.1, -0.05) is 18.2 Å². The first-order chi connectivity index (χ1) is 15.0. The largest absolute Gasteiger partial charge is 0.497 e. The molecule has 7 nitrogen and oxygen atoms in total. The molecule has 1 N–H and O–H groups in total. The summed E-state index contributed by atoms with van der Waals surface area (Å²) in [5.41, 5.74) is 4.71. The fraction of sp³-hybridized carbons (Fsp3) is 0.125. The van der Waals surface area contributed by atoms with Crippen LogP contribution in [-0.4, -0.2) is 32.3 Å². The minimum Gasteiger partial charge on any atom is -0.497 e. The van der Waals surface area contributed by atoms with Crippen molar-refractivity contribution in [3.8, 4) is 17.2 Å². The highest BCUT2D eigenvalue weighted by molar-refractivity contribution is 5.98. The first-order valence-corrected chi connectivity index (χ1v) is 9.45. The predicted octanol–water partition coefficient (Wildman–Crippen LogP) is 4.00. The number of hydrogen-bond donors (Lipinski definition) is 1. The molecule has 0 heterocycles. The number of ether oxygens (including phenoxy) is 3. The minimum absolute atomic E-state index is 0.314. The lowest BCUT2D eigenvalue weighted by Crippen LogP contribution is -2.18. The number of aryl methyl sites for hydroxylation is 1. The van der Waals surface area contributed by atoms with E-state index in [0.29, 0.717) is 33.9 Å². The molecule has 1 amide bonds. The van der Waals surface area contributed by atoms with Gasteiger partial charge >= 0.3 is 5.97 Å². The van der Waals surface area contributed by atoms with Crippen LogP contribution in [0.25, 0.3) is 0 Å². The summed E-state index contributed by atoms with van der Waals surface area (Å²) >= 11 is 0. The average molecular weight is 418 g/mol. The topological polar surface area (TPSA) is 86.2 Å². The molecule has 0 aliphatic carbocycles. The van der Waals surface area contributed by atoms with E-state index in [0.717, 1.165) is 5.56 Å². The van der Waals surface area contributed by atoms with Gasteiger partial charge in [0.25, 0.3) is 5.91 Å². The van der Waals surface area contributed by atoms with Crippen LogP contribution in [-0.2, 0) is 0 Å². The Kier molecular flexibility index (Phi) is 7.01. The number of hydrogen-bond acceptors (Lipinski definition) is 6. The summed E-state index contributed by atoms with van der Waals surface area (Å²) in [7, 11) is 3.05. The zero-order chi connectivity index (χ0) is 22.2. The number of hydrazone groups is 1. The van der Waals surface area contributed by atoms with Crippen LogP contribution < -0.4 is 19.6 Å². The van der Waals surface area contributed by atoms with Crippen molar-refractivity contribution < 1.29 is 23.8 Å². The number of para-hydroxylation sites is 1. The van der Waals surface area contributed by atoms with Crippen LogP contribution in [0, 0.1) is 6.92 Å². The Hall–Kier alpha value is -4.13. The summed E-state index contributed by atoms with van der Waals surface area (Å²) in [4.78, 5) is 24.9. The summed E-state index contributed by atoms with van der Waals surface area (Å²) in [5.74, 6) is 0.485. The fourth-order valence-corrected chi connectivity index (χ4v) is 2.77. The summed E-state index contributed by atoms with van der Waals surface area (Å²) in [6, 6.07) is 18.7. The van der Waals surface area contributed by atoms with Crippen LogP contribution in [0.1, 0.15) is 31.8 Å². The molecule has 0 saturated carbocycles. The molecule has 0 aliphatic heterocycles. The van der Waals surface area contributed by atoms with Crippen molar-refractivity contribution in [3.63, 3.8) is 0 Å². The third-order valence-electron chi connectivity index (χ3n) is 4.42. The number of esters is 1. The van der Waals surface area contributed by atoms with Crippen LogP contribution in [0.5, 0.6) is 17.2 Å². The molecule has 0 atom stereocenters. The lowest BCUT2D eigenvalue weighted by molar-refractivity contribution is 0.0734. The maximum absolute atomic E-state index is 12.4. The van der Waals surface area contributed by atoms with Gasteiger partial charge in [0, 0.05) is 5.56 Å². The number of rotatable bonds is 7. The molecule has 3 rings (SSSR count). The Morgan fingerprint density at radius 1 is 0.903 bits per heavy atom. The second kappa shape index (κ2) is 10.1. The molecule has 3 aromatic carbocycles. The SMILES string of the molecule is COc1ccc(C(=O)Oc2ccccc2C=NNC(=O)c2ccc(C)cc2OC)cc1. The quantitative estimate of drug-likeness (QED) is 0.271. The van der Waals surface area contributed by atoms with E-state index in [4.69, 9.17) is 14.2 Å². The van der Waals surface area contributed by atoms with Crippen LogP contribution in [0.15, 0.2) is 71.8 Å². The molecule has 3 aromatic rings. The summed E-state index contributed by atoms with van der Waals surface area (Å²) in [5, 5.41) is 3.99. The summed E-state index contributed by atoms with van der Waals surface area (Å²) in [6.07, 6.45) is 1.41. The molecule has 0 bridgehead atoms. The molecule has 0 unspecified atom stereocenters. The highest BCUT2D eigenvalue weighted by atomic mass is 16.5. The standard InChI is InChI=1S/C24H22N2O5/c1-16-8-13-20(22(14-16)30-3)23(27)26-25-15-18-6-4-5-7-21(18)31-24(28)17-9-11-19(29-2)12-10-17/h4-15H,1-3H3,(H,26,27). The molecule has 7 heteroatoms. The fourth-order valence-electron chi connectivity index (χ4n) is 2.77. The number of nitrogens with one attached hydrogen (secondary N) is 1. The van der Waals surface area contributed by atoms with E-state index in [-0.39, 0.29) is 0 Å². The first kappa shape index (κ1) is 21.6. The first-order valence-electron chi connectivity index (χ1n) is 9.45. The van der Waals surface area contributed by atoms with E-state index < -0.39 is 11.9 Å². The Labute approximate surface area is 180 Å². The number of amides is 1. The summed E-state index contributed by atoms with van der Waals surface area (Å²) < 4.78 is 15.8. The maximum atomic E-state index is 12.4. The van der Waals surface area contributed by atoms with Gasteiger partial charge in [-0.3, -0.25) is 4.79 Å². The minimum atomic E-state index is -0.517. The van der Waals surface area contributed by atoms with Gasteiger partial charge in [0.15, 0.2) is 0 Å². The molecule has 0 fully saturated rings. The lowest BCUT2D eigenvalue weighted by Gasteiger charge is -2.09. The Bertz CT molecular complexity index is 1110. The van der Waals surface area contributed by atoms with Crippen molar-refractivity contribution in [2.24, 2.45) is 5.10 Å². The average Bonchev–Trinajstić information content (AvgIpc) is 2.80. The van der Waals surface area contributed by atoms with E-state index >= 15 is 0 Å². The van der Waals surface area contributed by atoms with Gasteiger partial charge in [-0.25, -0.2) is 10.2 Å². The van der Waals surface area contributed by atoms with E-state index in [1.165, 1.54) is 13.3 Å². The third-order valence-corrected chi connectivity index (χ3v) is 4.42. The Morgan fingerprint density at radius 2 is 1.65 bits per heavy atom. The van der Waals surface area contributed by atoms with Crippen molar-refractivity contribution >= 4 is 18.1 Å². The van der Waals surface area contributed by atoms with E-state index in [9.17, 15) is 9.59 Å². The normalized spacial score (nSPS) is 10.5. The van der Waals surface area contributed by atoms with E-state index in [2.05, 4.69) is 10.5 Å². The molecule has 31 heavy (non-hydrogen) atoms. The van der Waals surface area contributed by atoms with Gasteiger partial charge in [-0.15, -0.1) is 0 Å². The second-order valence-corrected chi connectivity index (χ2v) is 6.56. The maximum Gasteiger partial charge on any atom is 0.343 e. The highest BCUT2D eigenvalue weighted by Crippen LogP contribution is 2.21. The number of carbonyl (C=O) groups is 2. The zero-order valence-electron chi connectivity index (χ0n) is 17.4. The third kappa shape index (κ3) is 5.48. The van der Waals surface area contributed by atoms with Gasteiger partial charge in [0.1, 0.15) is 17.2 Å². The van der Waals surface area contributed by atoms with Gasteiger partial charge in [0.05, 0.1) is 31.6 Å². The highest BCUT2D eigenvalue weighted by Gasteiger charge is 2.13. The Morgan fingerprint density at radius 3 is 2.35 bits per heavy atom. The van der Waals surface area contributed by atoms with Crippen LogP contribution in [0.2, 0.25) is 0 Å². The monoisotopic (exact) mass is 418 g/mol. The molecule has 0 aliphatic rings. The van der Waals surface area contributed by atoms with Gasteiger partial charge in [-0.2, -0.15) is 5.10 Å². The molecule has 158 valence electrons. The van der Waals surface area contributed by atoms with Crippen molar-refractivity contribution in [3.05, 3.63) is 89.0 Å². The van der Waals surface area contributed by atoms with Gasteiger partial charge in [0.2, 0.25) is 0 Å². The predicted molar refractivity (Wildman–Crippen MR) is 117 cm³/mol. The number of carbonyl (C=O) groups excluding carboxylic acids is 2. The van der Waals surface area contributed by atoms with Crippen molar-refractivity contribution in [2.45, 2.75) is 6.92 Å². The van der Waals surface area contributed by atoms with Gasteiger partial charge < -0.3 is 14.2 Å². The molecule has 0 saturated heterocycles.